The average Bonchev–Trinajstić information content (AvgIpc) is 2.47. The molecule has 1 heterocycles. The molecule has 1 aromatic heterocycles. The molecule has 0 bridgehead atoms. The maximum absolute atomic E-state index is 6.15. The second-order valence-corrected chi connectivity index (χ2v) is 5.13. The van der Waals surface area contributed by atoms with Crippen LogP contribution in [0.1, 0.15) is 17.3 Å². The van der Waals surface area contributed by atoms with Crippen molar-refractivity contribution in [3.8, 4) is 11.6 Å². The van der Waals surface area contributed by atoms with Crippen molar-refractivity contribution in [3.05, 3.63) is 46.1 Å². The van der Waals surface area contributed by atoms with Crippen LogP contribution in [0.25, 0.3) is 0 Å². The molecular formula is C14H16BrN3O2. The van der Waals surface area contributed by atoms with Crippen molar-refractivity contribution in [1.29, 1.82) is 0 Å². The molecule has 6 heteroatoms. The Kier molecular flexibility index (Phi) is 4.92. The fourth-order valence-electron chi connectivity index (χ4n) is 1.83. The molecule has 0 aliphatic rings. The molecule has 0 spiro atoms. The number of nitrogens with two attached hydrogens (primary N) is 1. The molecule has 0 radical (unpaired) electrons. The molecule has 1 aromatic carbocycles. The minimum atomic E-state index is -0.214. The van der Waals surface area contributed by atoms with Crippen molar-refractivity contribution >= 4 is 15.9 Å². The maximum atomic E-state index is 6.15. The maximum Gasteiger partial charge on any atom is 0.233 e. The van der Waals surface area contributed by atoms with Crippen LogP contribution in [0.2, 0.25) is 0 Å². The van der Waals surface area contributed by atoms with Crippen LogP contribution in [-0.4, -0.2) is 24.4 Å². The summed E-state index contributed by atoms with van der Waals surface area (Å²) in [6, 6.07) is 9.26. The van der Waals surface area contributed by atoms with Crippen LogP contribution in [0.3, 0.4) is 0 Å². The molecule has 0 aliphatic heterocycles. The molecule has 20 heavy (non-hydrogen) atoms. The fourth-order valence-corrected chi connectivity index (χ4v) is 2.42. The van der Waals surface area contributed by atoms with Crippen molar-refractivity contribution in [1.82, 2.24) is 10.2 Å². The van der Waals surface area contributed by atoms with Crippen molar-refractivity contribution in [2.75, 3.05) is 14.2 Å². The normalized spacial score (nSPS) is 12.0. The van der Waals surface area contributed by atoms with Crippen LogP contribution >= 0.6 is 15.9 Å². The first kappa shape index (κ1) is 14.7. The first-order valence-corrected chi connectivity index (χ1v) is 6.89. The van der Waals surface area contributed by atoms with E-state index in [-0.39, 0.29) is 6.04 Å². The highest BCUT2D eigenvalue weighted by atomic mass is 79.9. The van der Waals surface area contributed by atoms with Gasteiger partial charge in [0.25, 0.3) is 0 Å². The van der Waals surface area contributed by atoms with Crippen LogP contribution in [0.15, 0.2) is 34.8 Å². The summed E-state index contributed by atoms with van der Waals surface area (Å²) in [5, 5.41) is 7.99. The van der Waals surface area contributed by atoms with Gasteiger partial charge in [0.2, 0.25) is 5.88 Å². The van der Waals surface area contributed by atoms with Crippen molar-refractivity contribution < 1.29 is 9.47 Å². The van der Waals surface area contributed by atoms with Gasteiger partial charge in [-0.15, -0.1) is 5.10 Å². The Labute approximate surface area is 126 Å². The lowest BCUT2D eigenvalue weighted by molar-refractivity contribution is 0.390. The van der Waals surface area contributed by atoms with E-state index in [9.17, 15) is 0 Å². The molecule has 0 amide bonds. The number of halogens is 1. The summed E-state index contributed by atoms with van der Waals surface area (Å²) in [5.74, 6) is 1.28. The molecule has 5 nitrogen and oxygen atoms in total. The monoisotopic (exact) mass is 337 g/mol. The van der Waals surface area contributed by atoms with Gasteiger partial charge in [0.15, 0.2) is 0 Å². The van der Waals surface area contributed by atoms with Gasteiger partial charge in [-0.3, -0.25) is 0 Å². The summed E-state index contributed by atoms with van der Waals surface area (Å²) in [4.78, 5) is 0. The largest absolute Gasteiger partial charge is 0.496 e. The first-order valence-electron chi connectivity index (χ1n) is 6.09. The zero-order valence-electron chi connectivity index (χ0n) is 11.3. The van der Waals surface area contributed by atoms with E-state index in [1.807, 2.05) is 24.3 Å². The van der Waals surface area contributed by atoms with Gasteiger partial charge >= 0.3 is 0 Å². The molecular weight excluding hydrogens is 322 g/mol. The number of nitrogens with zero attached hydrogens (tertiary/aromatic N) is 2. The predicted molar refractivity (Wildman–Crippen MR) is 79.9 cm³/mol. The van der Waals surface area contributed by atoms with Crippen molar-refractivity contribution in [2.24, 2.45) is 5.73 Å². The Morgan fingerprint density at radius 1 is 1.15 bits per heavy atom. The van der Waals surface area contributed by atoms with Gasteiger partial charge in [-0.25, -0.2) is 0 Å². The van der Waals surface area contributed by atoms with Crippen LogP contribution < -0.4 is 15.2 Å². The summed E-state index contributed by atoms with van der Waals surface area (Å²) < 4.78 is 11.1. The quantitative estimate of drug-likeness (QED) is 0.907. The molecule has 1 atom stereocenters. The molecule has 2 aromatic rings. The van der Waals surface area contributed by atoms with Crippen LogP contribution in [0, 0.1) is 0 Å². The van der Waals surface area contributed by atoms with Crippen molar-refractivity contribution in [3.63, 3.8) is 0 Å². The third-order valence-corrected chi connectivity index (χ3v) is 3.54. The van der Waals surface area contributed by atoms with Gasteiger partial charge in [-0.1, -0.05) is 6.07 Å². The second-order valence-electron chi connectivity index (χ2n) is 4.28. The van der Waals surface area contributed by atoms with Gasteiger partial charge in [-0.2, -0.15) is 5.10 Å². The summed E-state index contributed by atoms with van der Waals surface area (Å²) in [6.07, 6.45) is 0.670. The first-order chi connectivity index (χ1) is 9.63. The van der Waals surface area contributed by atoms with Gasteiger partial charge in [0.05, 0.1) is 30.4 Å². The van der Waals surface area contributed by atoms with E-state index in [1.54, 1.807) is 20.3 Å². The van der Waals surface area contributed by atoms with E-state index < -0.39 is 0 Å². The Balaban J connectivity index is 2.10. The number of methoxy groups -OCH3 is 2. The van der Waals surface area contributed by atoms with E-state index in [0.29, 0.717) is 12.3 Å². The highest BCUT2D eigenvalue weighted by molar-refractivity contribution is 9.10. The van der Waals surface area contributed by atoms with Crippen LogP contribution in [0.4, 0.5) is 0 Å². The highest BCUT2D eigenvalue weighted by Crippen LogP contribution is 2.27. The standard InChI is InChI=1S/C14H16BrN3O2/c1-19-13-5-3-9(7-10(13)15)8-11(16)12-4-6-14(20-2)18-17-12/h3-7,11H,8,16H2,1-2H3. The number of hydrogen-bond donors (Lipinski definition) is 1. The summed E-state index contributed by atoms with van der Waals surface area (Å²) in [7, 11) is 3.19. The lowest BCUT2D eigenvalue weighted by Gasteiger charge is -2.12. The topological polar surface area (TPSA) is 70.3 Å². The van der Waals surface area contributed by atoms with Gasteiger partial charge in [0.1, 0.15) is 5.75 Å². The van der Waals surface area contributed by atoms with Crippen LogP contribution in [0.5, 0.6) is 11.6 Å². The average molecular weight is 338 g/mol. The fraction of sp³-hybridized carbons (Fsp3) is 0.286. The Hall–Kier alpha value is -1.66. The van der Waals surface area contributed by atoms with Crippen molar-refractivity contribution in [2.45, 2.75) is 12.5 Å². The summed E-state index contributed by atoms with van der Waals surface area (Å²) >= 11 is 3.46. The molecule has 2 rings (SSSR count). The molecule has 106 valence electrons. The number of hydrogen-bond acceptors (Lipinski definition) is 5. The van der Waals surface area contributed by atoms with Crippen LogP contribution in [-0.2, 0) is 6.42 Å². The number of rotatable bonds is 5. The molecule has 0 saturated carbocycles. The number of benzene rings is 1. The third-order valence-electron chi connectivity index (χ3n) is 2.92. The molecule has 0 fully saturated rings. The van der Waals surface area contributed by atoms with E-state index in [1.165, 1.54) is 0 Å². The van der Waals surface area contributed by atoms with Gasteiger partial charge in [0, 0.05) is 6.07 Å². The smallest absolute Gasteiger partial charge is 0.233 e. The van der Waals surface area contributed by atoms with E-state index in [4.69, 9.17) is 15.2 Å². The minimum absolute atomic E-state index is 0.214. The number of ether oxygens (including phenoxy) is 2. The lowest BCUT2D eigenvalue weighted by atomic mass is 10.0. The Bertz CT molecular complexity index is 575. The third kappa shape index (κ3) is 3.46. The lowest BCUT2D eigenvalue weighted by Crippen LogP contribution is -2.15. The Morgan fingerprint density at radius 3 is 2.50 bits per heavy atom. The highest BCUT2D eigenvalue weighted by Gasteiger charge is 2.11. The molecule has 1 unspecified atom stereocenters. The molecule has 0 saturated heterocycles. The zero-order valence-corrected chi connectivity index (χ0v) is 12.9. The zero-order chi connectivity index (χ0) is 14.5. The van der Waals surface area contributed by atoms with E-state index in [0.717, 1.165) is 21.5 Å². The number of aromatic nitrogens is 2. The van der Waals surface area contributed by atoms with Gasteiger partial charge < -0.3 is 15.2 Å². The van der Waals surface area contributed by atoms with Gasteiger partial charge in [-0.05, 0) is 46.1 Å². The molecule has 0 aliphatic carbocycles. The summed E-state index contributed by atoms with van der Waals surface area (Å²) in [5.41, 5.74) is 7.98. The summed E-state index contributed by atoms with van der Waals surface area (Å²) in [6.45, 7) is 0. The Morgan fingerprint density at radius 2 is 1.95 bits per heavy atom. The van der Waals surface area contributed by atoms with E-state index in [2.05, 4.69) is 26.1 Å². The second kappa shape index (κ2) is 6.67. The molecule has 2 N–H and O–H groups in total. The minimum Gasteiger partial charge on any atom is -0.496 e. The van der Waals surface area contributed by atoms with E-state index >= 15 is 0 Å². The predicted octanol–water partition coefficient (Wildman–Crippen LogP) is 2.50. The SMILES string of the molecule is COc1ccc(C(N)Cc2ccc(OC)c(Br)c2)nn1.